The van der Waals surface area contributed by atoms with Gasteiger partial charge in [-0.05, 0) is 43.2 Å². The zero-order chi connectivity index (χ0) is 14.5. The van der Waals surface area contributed by atoms with Gasteiger partial charge in [-0.15, -0.1) is 0 Å². The van der Waals surface area contributed by atoms with E-state index in [-0.39, 0.29) is 6.04 Å². The molecule has 0 radical (unpaired) electrons. The number of hydrogen-bond acceptors (Lipinski definition) is 3. The molecule has 0 aromatic heterocycles. The lowest BCUT2D eigenvalue weighted by molar-refractivity contribution is 0.301. The Bertz CT molecular complexity index is 624. The molecule has 102 valence electrons. The molecule has 20 heavy (non-hydrogen) atoms. The maximum absolute atomic E-state index is 8.77. The summed E-state index contributed by atoms with van der Waals surface area (Å²) >= 11 is 0. The zero-order valence-electron chi connectivity index (χ0n) is 11.8. The topological polar surface area (TPSA) is 59.0 Å². The Morgan fingerprint density at radius 1 is 1.20 bits per heavy atom. The quantitative estimate of drug-likeness (QED) is 0.921. The van der Waals surface area contributed by atoms with Crippen LogP contribution in [0.4, 0.5) is 0 Å². The smallest absolute Gasteiger partial charge is 0.124 e. The highest BCUT2D eigenvalue weighted by Gasteiger charge is 2.08. The van der Waals surface area contributed by atoms with Gasteiger partial charge in [0.05, 0.1) is 11.6 Å². The molecule has 0 saturated heterocycles. The van der Waals surface area contributed by atoms with E-state index in [4.69, 9.17) is 15.7 Å². The van der Waals surface area contributed by atoms with Gasteiger partial charge in [-0.1, -0.05) is 24.3 Å². The van der Waals surface area contributed by atoms with Gasteiger partial charge in [0.2, 0.25) is 0 Å². The first-order chi connectivity index (χ1) is 9.60. The van der Waals surface area contributed by atoms with E-state index in [9.17, 15) is 0 Å². The molecule has 0 saturated carbocycles. The summed E-state index contributed by atoms with van der Waals surface area (Å²) in [4.78, 5) is 0. The molecule has 0 bridgehead atoms. The van der Waals surface area contributed by atoms with Crippen LogP contribution in [0, 0.1) is 18.3 Å². The highest BCUT2D eigenvalue weighted by Crippen LogP contribution is 2.26. The summed E-state index contributed by atoms with van der Waals surface area (Å²) in [5.74, 6) is 0.823. The number of ether oxygens (including phenoxy) is 1. The Kier molecular flexibility index (Phi) is 4.39. The van der Waals surface area contributed by atoms with Crippen molar-refractivity contribution in [2.45, 2.75) is 26.5 Å². The minimum Gasteiger partial charge on any atom is -0.489 e. The number of benzene rings is 2. The van der Waals surface area contributed by atoms with Gasteiger partial charge in [0.25, 0.3) is 0 Å². The summed E-state index contributed by atoms with van der Waals surface area (Å²) in [6.07, 6.45) is 0. The largest absolute Gasteiger partial charge is 0.489 e. The Hall–Kier alpha value is -2.31. The van der Waals surface area contributed by atoms with Gasteiger partial charge < -0.3 is 10.5 Å². The number of nitrogens with two attached hydrogens (primary N) is 1. The van der Waals surface area contributed by atoms with Crippen LogP contribution in [0.25, 0.3) is 0 Å². The first kappa shape index (κ1) is 14.1. The first-order valence-electron chi connectivity index (χ1n) is 6.58. The highest BCUT2D eigenvalue weighted by molar-refractivity contribution is 5.39. The van der Waals surface area contributed by atoms with E-state index in [0.717, 1.165) is 22.4 Å². The van der Waals surface area contributed by atoms with Crippen molar-refractivity contribution in [3.63, 3.8) is 0 Å². The molecule has 0 aliphatic heterocycles. The minimum atomic E-state index is -0.0634. The standard InChI is InChI=1S/C17H18N2O/c1-12-3-8-16(13(2)19)17(9-12)20-11-15-6-4-14(10-18)5-7-15/h3-9,13H,11,19H2,1-2H3. The van der Waals surface area contributed by atoms with E-state index >= 15 is 0 Å². The van der Waals surface area contributed by atoms with Crippen LogP contribution < -0.4 is 10.5 Å². The van der Waals surface area contributed by atoms with Crippen LogP contribution in [0.1, 0.15) is 35.2 Å². The lowest BCUT2D eigenvalue weighted by Crippen LogP contribution is -2.08. The fourth-order valence-electron chi connectivity index (χ4n) is 1.98. The van der Waals surface area contributed by atoms with Gasteiger partial charge in [0.1, 0.15) is 12.4 Å². The SMILES string of the molecule is Cc1ccc(C(C)N)c(OCc2ccc(C#N)cc2)c1. The van der Waals surface area contributed by atoms with Gasteiger partial charge in [-0.2, -0.15) is 5.26 Å². The normalized spacial score (nSPS) is 11.7. The number of nitrogens with zero attached hydrogens (tertiary/aromatic N) is 1. The molecule has 3 heteroatoms. The number of rotatable bonds is 4. The first-order valence-corrected chi connectivity index (χ1v) is 6.58. The summed E-state index contributed by atoms with van der Waals surface area (Å²) in [6.45, 7) is 4.44. The van der Waals surface area contributed by atoms with E-state index in [1.165, 1.54) is 0 Å². The van der Waals surface area contributed by atoms with Crippen LogP contribution in [0.3, 0.4) is 0 Å². The summed E-state index contributed by atoms with van der Waals surface area (Å²) in [6, 6.07) is 15.5. The average Bonchev–Trinajstić information content (AvgIpc) is 2.45. The van der Waals surface area contributed by atoms with Gasteiger partial charge in [0.15, 0.2) is 0 Å². The molecule has 1 atom stereocenters. The molecule has 3 nitrogen and oxygen atoms in total. The third kappa shape index (κ3) is 3.37. The van der Waals surface area contributed by atoms with Crippen LogP contribution in [0.15, 0.2) is 42.5 Å². The lowest BCUT2D eigenvalue weighted by Gasteiger charge is -2.15. The molecule has 2 aromatic carbocycles. The second kappa shape index (κ2) is 6.23. The van der Waals surface area contributed by atoms with E-state index in [2.05, 4.69) is 6.07 Å². The second-order valence-corrected chi connectivity index (χ2v) is 4.93. The van der Waals surface area contributed by atoms with Crippen molar-refractivity contribution >= 4 is 0 Å². The summed E-state index contributed by atoms with van der Waals surface area (Å²) in [7, 11) is 0. The fraction of sp³-hybridized carbons (Fsp3) is 0.235. The van der Waals surface area contributed by atoms with Crippen LogP contribution in [-0.2, 0) is 6.61 Å². The Morgan fingerprint density at radius 3 is 2.50 bits per heavy atom. The van der Waals surface area contributed by atoms with Crippen molar-refractivity contribution in [1.29, 1.82) is 5.26 Å². The molecule has 0 amide bonds. The molecule has 0 aliphatic carbocycles. The lowest BCUT2D eigenvalue weighted by atomic mass is 10.1. The molecule has 2 rings (SSSR count). The van der Waals surface area contributed by atoms with Crippen molar-refractivity contribution in [2.75, 3.05) is 0 Å². The Labute approximate surface area is 119 Å². The number of hydrogen-bond donors (Lipinski definition) is 1. The molecule has 0 aliphatic rings. The van der Waals surface area contributed by atoms with Crippen molar-refractivity contribution in [3.8, 4) is 11.8 Å². The summed E-state index contributed by atoms with van der Waals surface area (Å²) in [5, 5.41) is 8.77. The molecule has 2 N–H and O–H groups in total. The average molecular weight is 266 g/mol. The Morgan fingerprint density at radius 2 is 1.90 bits per heavy atom. The molecular formula is C17H18N2O. The monoisotopic (exact) mass is 266 g/mol. The molecule has 0 fully saturated rings. The van der Waals surface area contributed by atoms with E-state index in [1.807, 2.05) is 44.2 Å². The maximum atomic E-state index is 8.77. The maximum Gasteiger partial charge on any atom is 0.124 e. The van der Waals surface area contributed by atoms with Gasteiger partial charge >= 0.3 is 0 Å². The third-order valence-corrected chi connectivity index (χ3v) is 3.14. The van der Waals surface area contributed by atoms with Gasteiger partial charge in [-0.3, -0.25) is 0 Å². The highest BCUT2D eigenvalue weighted by atomic mass is 16.5. The van der Waals surface area contributed by atoms with Crippen LogP contribution in [0.2, 0.25) is 0 Å². The van der Waals surface area contributed by atoms with E-state index < -0.39 is 0 Å². The van der Waals surface area contributed by atoms with Crippen molar-refractivity contribution < 1.29 is 4.74 Å². The second-order valence-electron chi connectivity index (χ2n) is 4.93. The van der Waals surface area contributed by atoms with Gasteiger partial charge in [0, 0.05) is 11.6 Å². The van der Waals surface area contributed by atoms with Crippen molar-refractivity contribution in [3.05, 3.63) is 64.7 Å². The molecule has 0 heterocycles. The van der Waals surface area contributed by atoms with E-state index in [1.54, 1.807) is 12.1 Å². The molecule has 0 spiro atoms. The summed E-state index contributed by atoms with van der Waals surface area (Å²) in [5.41, 5.74) is 9.78. The van der Waals surface area contributed by atoms with Crippen molar-refractivity contribution in [2.24, 2.45) is 5.73 Å². The predicted octanol–water partition coefficient (Wildman–Crippen LogP) is 3.47. The Balaban J connectivity index is 2.13. The predicted molar refractivity (Wildman–Crippen MR) is 79.3 cm³/mol. The number of aryl methyl sites for hydroxylation is 1. The van der Waals surface area contributed by atoms with Crippen LogP contribution >= 0.6 is 0 Å². The minimum absolute atomic E-state index is 0.0634. The summed E-state index contributed by atoms with van der Waals surface area (Å²) < 4.78 is 5.88. The van der Waals surface area contributed by atoms with Crippen LogP contribution in [0.5, 0.6) is 5.75 Å². The van der Waals surface area contributed by atoms with E-state index in [0.29, 0.717) is 12.2 Å². The molecular weight excluding hydrogens is 248 g/mol. The fourth-order valence-corrected chi connectivity index (χ4v) is 1.98. The van der Waals surface area contributed by atoms with Gasteiger partial charge in [-0.25, -0.2) is 0 Å². The third-order valence-electron chi connectivity index (χ3n) is 3.14. The molecule has 1 unspecified atom stereocenters. The zero-order valence-corrected chi connectivity index (χ0v) is 11.8. The number of nitriles is 1. The molecule has 2 aromatic rings. The van der Waals surface area contributed by atoms with Crippen LogP contribution in [-0.4, -0.2) is 0 Å². The van der Waals surface area contributed by atoms with Crippen molar-refractivity contribution in [1.82, 2.24) is 0 Å².